The van der Waals surface area contributed by atoms with Crippen LogP contribution in [0.3, 0.4) is 0 Å². The van der Waals surface area contributed by atoms with Crippen LogP contribution in [0.1, 0.15) is 19.8 Å². The number of nitrogens with zero attached hydrogens (tertiary/aromatic N) is 4. The van der Waals surface area contributed by atoms with Crippen molar-refractivity contribution in [3.05, 3.63) is 24.3 Å². The second kappa shape index (κ2) is 6.60. The molecule has 0 fully saturated rings. The molecule has 1 heterocycles. The number of tetrazole rings is 1. The van der Waals surface area contributed by atoms with Crippen molar-refractivity contribution in [2.75, 3.05) is 5.32 Å². The van der Waals surface area contributed by atoms with Crippen LogP contribution in [0.15, 0.2) is 24.3 Å². The fraction of sp³-hybridized carbons (Fsp3) is 0.308. The largest absolute Gasteiger partial charge is 0.368 e. The number of nitrogens with one attached hydrogen (secondary N) is 1. The maximum Gasteiger partial charge on any atom is 0.241 e. The number of nitrogens with two attached hydrogens (primary N) is 1. The number of hydrogen-bond acceptors (Lipinski definition) is 5. The molecule has 0 aliphatic carbocycles. The maximum absolute atomic E-state index is 11.7. The standard InChI is InChI=1S/C13H16N6O2/c1-2-5-12(21)15-10-7-4-3-6-9(10)13-16-18-19(17-13)8-11(14)20/h3-4,6-7H,2,5,8H2,1H3,(H2,14,20)(H,15,21). The number of aromatic nitrogens is 4. The van der Waals surface area contributed by atoms with Gasteiger partial charge in [0.25, 0.3) is 0 Å². The zero-order chi connectivity index (χ0) is 15.2. The van der Waals surface area contributed by atoms with E-state index < -0.39 is 5.91 Å². The SMILES string of the molecule is CCCC(=O)Nc1ccccc1-c1nnn(CC(N)=O)n1. The van der Waals surface area contributed by atoms with Crippen LogP contribution in [-0.4, -0.2) is 32.0 Å². The van der Waals surface area contributed by atoms with Gasteiger partial charge in [0.1, 0.15) is 6.54 Å². The van der Waals surface area contributed by atoms with Gasteiger partial charge in [-0.05, 0) is 23.8 Å². The Morgan fingerprint density at radius 1 is 1.33 bits per heavy atom. The molecule has 2 rings (SSSR count). The number of para-hydroxylation sites is 1. The molecule has 21 heavy (non-hydrogen) atoms. The van der Waals surface area contributed by atoms with E-state index in [9.17, 15) is 9.59 Å². The van der Waals surface area contributed by atoms with Crippen LogP contribution < -0.4 is 11.1 Å². The van der Waals surface area contributed by atoms with E-state index in [1.165, 1.54) is 0 Å². The van der Waals surface area contributed by atoms with E-state index in [2.05, 4.69) is 20.7 Å². The Kier molecular flexibility index (Phi) is 4.60. The predicted octanol–water partition coefficient (Wildman–Crippen LogP) is 0.564. The quantitative estimate of drug-likeness (QED) is 0.805. The highest BCUT2D eigenvalue weighted by atomic mass is 16.2. The molecule has 0 atom stereocenters. The summed E-state index contributed by atoms with van der Waals surface area (Å²) in [4.78, 5) is 23.7. The Morgan fingerprint density at radius 2 is 2.10 bits per heavy atom. The predicted molar refractivity (Wildman–Crippen MR) is 76.0 cm³/mol. The van der Waals surface area contributed by atoms with Gasteiger partial charge in [-0.2, -0.15) is 4.80 Å². The first-order chi connectivity index (χ1) is 10.1. The molecule has 1 aromatic heterocycles. The van der Waals surface area contributed by atoms with E-state index in [4.69, 9.17) is 5.73 Å². The molecule has 110 valence electrons. The van der Waals surface area contributed by atoms with Crippen molar-refractivity contribution in [3.63, 3.8) is 0 Å². The van der Waals surface area contributed by atoms with Crippen molar-refractivity contribution >= 4 is 17.5 Å². The lowest BCUT2D eigenvalue weighted by atomic mass is 10.1. The summed E-state index contributed by atoms with van der Waals surface area (Å²) in [5, 5.41) is 14.5. The van der Waals surface area contributed by atoms with Gasteiger partial charge in [0.2, 0.25) is 17.6 Å². The molecular weight excluding hydrogens is 272 g/mol. The van der Waals surface area contributed by atoms with E-state index in [1.807, 2.05) is 6.92 Å². The van der Waals surface area contributed by atoms with Gasteiger partial charge in [0, 0.05) is 12.0 Å². The molecule has 8 heteroatoms. The average molecular weight is 288 g/mol. The molecule has 0 bridgehead atoms. The second-order valence-electron chi connectivity index (χ2n) is 4.45. The Labute approximate surface area is 121 Å². The highest BCUT2D eigenvalue weighted by molar-refractivity contribution is 5.94. The van der Waals surface area contributed by atoms with Crippen molar-refractivity contribution in [1.82, 2.24) is 20.2 Å². The fourth-order valence-electron chi connectivity index (χ4n) is 1.78. The molecule has 0 radical (unpaired) electrons. The number of hydrogen-bond donors (Lipinski definition) is 2. The van der Waals surface area contributed by atoms with Crippen LogP contribution >= 0.6 is 0 Å². The van der Waals surface area contributed by atoms with Gasteiger partial charge >= 0.3 is 0 Å². The summed E-state index contributed by atoms with van der Waals surface area (Å²) in [6, 6.07) is 7.14. The van der Waals surface area contributed by atoms with Crippen LogP contribution in [0.5, 0.6) is 0 Å². The minimum atomic E-state index is -0.552. The summed E-state index contributed by atoms with van der Waals surface area (Å²) in [6.07, 6.45) is 1.21. The number of amides is 2. The normalized spacial score (nSPS) is 10.3. The van der Waals surface area contributed by atoms with Gasteiger partial charge in [-0.25, -0.2) is 0 Å². The molecule has 2 amide bonds. The molecular formula is C13H16N6O2. The summed E-state index contributed by atoms with van der Waals surface area (Å²) in [5.41, 5.74) is 6.32. The molecule has 0 unspecified atom stereocenters. The summed E-state index contributed by atoms with van der Waals surface area (Å²) >= 11 is 0. The van der Waals surface area contributed by atoms with E-state index in [0.717, 1.165) is 11.2 Å². The monoisotopic (exact) mass is 288 g/mol. The van der Waals surface area contributed by atoms with Gasteiger partial charge in [-0.1, -0.05) is 19.1 Å². The Balaban J connectivity index is 2.25. The number of benzene rings is 1. The van der Waals surface area contributed by atoms with Crippen LogP contribution in [0.25, 0.3) is 11.4 Å². The Hall–Kier alpha value is -2.77. The smallest absolute Gasteiger partial charge is 0.241 e. The molecule has 2 aromatic rings. The minimum Gasteiger partial charge on any atom is -0.368 e. The maximum atomic E-state index is 11.7. The number of anilines is 1. The summed E-state index contributed by atoms with van der Waals surface area (Å²) in [6.45, 7) is 1.79. The number of rotatable bonds is 6. The molecule has 0 aliphatic rings. The van der Waals surface area contributed by atoms with Crippen molar-refractivity contribution in [1.29, 1.82) is 0 Å². The molecule has 8 nitrogen and oxygen atoms in total. The summed E-state index contributed by atoms with van der Waals surface area (Å²) in [7, 11) is 0. The second-order valence-corrected chi connectivity index (χ2v) is 4.45. The van der Waals surface area contributed by atoms with Crippen LogP contribution in [-0.2, 0) is 16.1 Å². The van der Waals surface area contributed by atoms with E-state index in [1.54, 1.807) is 24.3 Å². The molecule has 0 aliphatic heterocycles. The Morgan fingerprint density at radius 3 is 2.81 bits per heavy atom. The molecule has 1 aromatic carbocycles. The van der Waals surface area contributed by atoms with Crippen molar-refractivity contribution < 1.29 is 9.59 Å². The zero-order valence-electron chi connectivity index (χ0n) is 11.6. The fourth-order valence-corrected chi connectivity index (χ4v) is 1.78. The van der Waals surface area contributed by atoms with Crippen molar-refractivity contribution in [2.45, 2.75) is 26.3 Å². The van der Waals surface area contributed by atoms with E-state index >= 15 is 0 Å². The highest BCUT2D eigenvalue weighted by Gasteiger charge is 2.13. The highest BCUT2D eigenvalue weighted by Crippen LogP contribution is 2.24. The van der Waals surface area contributed by atoms with E-state index in [-0.39, 0.29) is 12.5 Å². The minimum absolute atomic E-state index is 0.0746. The zero-order valence-corrected chi connectivity index (χ0v) is 11.6. The lowest BCUT2D eigenvalue weighted by molar-refractivity contribution is -0.119. The summed E-state index contributed by atoms with van der Waals surface area (Å²) < 4.78 is 0. The third-order valence-corrected chi connectivity index (χ3v) is 2.67. The van der Waals surface area contributed by atoms with Gasteiger partial charge in [-0.3, -0.25) is 9.59 Å². The first-order valence-corrected chi connectivity index (χ1v) is 6.55. The van der Waals surface area contributed by atoms with Gasteiger partial charge in [0.05, 0.1) is 5.69 Å². The van der Waals surface area contributed by atoms with Gasteiger partial charge < -0.3 is 11.1 Å². The third-order valence-electron chi connectivity index (χ3n) is 2.67. The third kappa shape index (κ3) is 3.85. The average Bonchev–Trinajstić information content (AvgIpc) is 2.87. The van der Waals surface area contributed by atoms with Crippen molar-refractivity contribution in [3.8, 4) is 11.4 Å². The van der Waals surface area contributed by atoms with Gasteiger partial charge in [-0.15, -0.1) is 10.2 Å². The summed E-state index contributed by atoms with van der Waals surface area (Å²) in [5.74, 6) is -0.304. The number of carbonyl (C=O) groups excluding carboxylic acids is 2. The molecule has 0 spiro atoms. The van der Waals surface area contributed by atoms with Crippen LogP contribution in [0.4, 0.5) is 5.69 Å². The van der Waals surface area contributed by atoms with E-state index in [0.29, 0.717) is 23.5 Å². The lowest BCUT2D eigenvalue weighted by Crippen LogP contribution is -2.20. The van der Waals surface area contributed by atoms with Crippen LogP contribution in [0.2, 0.25) is 0 Å². The molecule has 3 N–H and O–H groups in total. The topological polar surface area (TPSA) is 116 Å². The van der Waals surface area contributed by atoms with Gasteiger partial charge in [0.15, 0.2) is 0 Å². The first kappa shape index (κ1) is 14.6. The van der Waals surface area contributed by atoms with Crippen molar-refractivity contribution in [2.24, 2.45) is 5.73 Å². The first-order valence-electron chi connectivity index (χ1n) is 6.55. The van der Waals surface area contributed by atoms with Crippen LogP contribution in [0, 0.1) is 0 Å². The molecule has 0 saturated heterocycles. The lowest BCUT2D eigenvalue weighted by Gasteiger charge is -2.07. The number of carbonyl (C=O) groups is 2. The Bertz CT molecular complexity index is 652. The number of primary amides is 1. The molecule has 0 saturated carbocycles.